The summed E-state index contributed by atoms with van der Waals surface area (Å²) in [5.41, 5.74) is 0.460. The average molecular weight is 191 g/mol. The van der Waals surface area contributed by atoms with Crippen LogP contribution < -0.4 is 4.90 Å². The van der Waals surface area contributed by atoms with Crippen molar-refractivity contribution in [2.45, 2.75) is 19.3 Å². The van der Waals surface area contributed by atoms with Gasteiger partial charge in [-0.25, -0.2) is 14.9 Å². The number of anilines is 1. The molecular weight excluding hydrogens is 182 g/mol. The van der Waals surface area contributed by atoms with Gasteiger partial charge in [0, 0.05) is 12.8 Å². The summed E-state index contributed by atoms with van der Waals surface area (Å²) < 4.78 is 0. The summed E-state index contributed by atoms with van der Waals surface area (Å²) in [6, 6.07) is 0. The molecule has 14 heavy (non-hydrogen) atoms. The van der Waals surface area contributed by atoms with Gasteiger partial charge in [0.1, 0.15) is 6.33 Å². The number of rotatable bonds is 1. The highest BCUT2D eigenvalue weighted by atomic mass is 16.2. The molecule has 0 radical (unpaired) electrons. The molecule has 0 N–H and O–H groups in total. The second kappa shape index (κ2) is 3.53. The molecular formula is C9H9N3O2. The Labute approximate surface area is 80.8 Å². The Bertz CT molecular complexity index is 348. The van der Waals surface area contributed by atoms with Gasteiger partial charge < -0.3 is 0 Å². The Kier molecular flexibility index (Phi) is 2.22. The van der Waals surface area contributed by atoms with Crippen LogP contribution in [0.25, 0.3) is 0 Å². The summed E-state index contributed by atoms with van der Waals surface area (Å²) in [5, 5.41) is 0. The van der Waals surface area contributed by atoms with Crippen LogP contribution in [-0.4, -0.2) is 21.8 Å². The fourth-order valence-electron chi connectivity index (χ4n) is 1.45. The van der Waals surface area contributed by atoms with Crippen LogP contribution in [0.1, 0.15) is 19.3 Å². The van der Waals surface area contributed by atoms with Crippen LogP contribution in [0.4, 0.5) is 5.69 Å². The van der Waals surface area contributed by atoms with E-state index in [9.17, 15) is 9.59 Å². The summed E-state index contributed by atoms with van der Waals surface area (Å²) in [6.45, 7) is 0. The molecule has 1 aromatic rings. The van der Waals surface area contributed by atoms with E-state index in [0.717, 1.165) is 4.90 Å². The van der Waals surface area contributed by atoms with Crippen molar-refractivity contribution in [3.05, 3.63) is 18.7 Å². The summed E-state index contributed by atoms with van der Waals surface area (Å²) in [7, 11) is 0. The van der Waals surface area contributed by atoms with Crippen molar-refractivity contribution < 1.29 is 9.59 Å². The third kappa shape index (κ3) is 1.48. The Morgan fingerprint density at radius 1 is 1.07 bits per heavy atom. The Morgan fingerprint density at radius 2 is 1.64 bits per heavy atom. The zero-order valence-electron chi connectivity index (χ0n) is 7.51. The molecule has 5 nitrogen and oxygen atoms in total. The zero-order chi connectivity index (χ0) is 9.97. The summed E-state index contributed by atoms with van der Waals surface area (Å²) in [4.78, 5) is 31.6. The van der Waals surface area contributed by atoms with Gasteiger partial charge in [-0.05, 0) is 6.42 Å². The molecule has 0 atom stereocenters. The van der Waals surface area contributed by atoms with Gasteiger partial charge in [0.15, 0.2) is 0 Å². The van der Waals surface area contributed by atoms with Crippen molar-refractivity contribution in [3.8, 4) is 0 Å². The predicted octanol–water partition coefficient (Wildman–Crippen LogP) is 0.520. The molecule has 0 aromatic carbocycles. The molecule has 1 aliphatic rings. The third-order valence-electron chi connectivity index (χ3n) is 2.09. The molecule has 72 valence electrons. The first kappa shape index (κ1) is 8.80. The summed E-state index contributed by atoms with van der Waals surface area (Å²) in [6.07, 6.45) is 5.77. The van der Waals surface area contributed by atoms with Gasteiger partial charge in [-0.3, -0.25) is 9.59 Å². The van der Waals surface area contributed by atoms with Crippen molar-refractivity contribution in [1.82, 2.24) is 9.97 Å². The van der Waals surface area contributed by atoms with Crippen LogP contribution in [0.3, 0.4) is 0 Å². The van der Waals surface area contributed by atoms with E-state index in [-0.39, 0.29) is 11.8 Å². The first-order valence-electron chi connectivity index (χ1n) is 4.40. The van der Waals surface area contributed by atoms with Crippen LogP contribution in [0.5, 0.6) is 0 Å². The smallest absolute Gasteiger partial charge is 0.233 e. The maximum atomic E-state index is 11.5. The Balaban J connectivity index is 2.32. The largest absolute Gasteiger partial charge is 0.274 e. The van der Waals surface area contributed by atoms with E-state index in [0.29, 0.717) is 24.9 Å². The van der Waals surface area contributed by atoms with Crippen molar-refractivity contribution in [1.29, 1.82) is 0 Å². The second-order valence-electron chi connectivity index (χ2n) is 3.07. The fraction of sp³-hybridized carbons (Fsp3) is 0.333. The Hall–Kier alpha value is -1.78. The average Bonchev–Trinajstić information content (AvgIpc) is 2.19. The van der Waals surface area contributed by atoms with Gasteiger partial charge in [-0.2, -0.15) is 0 Å². The molecule has 1 aliphatic heterocycles. The number of carbonyl (C=O) groups excluding carboxylic acids is 2. The standard InChI is InChI=1S/C9H9N3O2/c13-8-2-1-3-9(14)12(8)7-4-10-6-11-5-7/h4-6H,1-3H2. The topological polar surface area (TPSA) is 63.2 Å². The van der Waals surface area contributed by atoms with Crippen LogP contribution in [0.15, 0.2) is 18.7 Å². The molecule has 0 aliphatic carbocycles. The van der Waals surface area contributed by atoms with E-state index in [2.05, 4.69) is 9.97 Å². The van der Waals surface area contributed by atoms with Gasteiger partial charge in [-0.1, -0.05) is 0 Å². The lowest BCUT2D eigenvalue weighted by Gasteiger charge is -2.23. The van der Waals surface area contributed by atoms with E-state index in [1.54, 1.807) is 0 Å². The zero-order valence-corrected chi connectivity index (χ0v) is 7.51. The van der Waals surface area contributed by atoms with E-state index in [1.807, 2.05) is 0 Å². The number of amides is 2. The summed E-state index contributed by atoms with van der Waals surface area (Å²) in [5.74, 6) is -0.341. The van der Waals surface area contributed by atoms with E-state index in [4.69, 9.17) is 0 Å². The van der Waals surface area contributed by atoms with E-state index in [1.165, 1.54) is 18.7 Å². The minimum Gasteiger partial charge on any atom is -0.274 e. The molecule has 2 rings (SSSR count). The fourth-order valence-corrected chi connectivity index (χ4v) is 1.45. The van der Waals surface area contributed by atoms with Gasteiger partial charge in [0.25, 0.3) is 0 Å². The Morgan fingerprint density at radius 3 is 2.21 bits per heavy atom. The van der Waals surface area contributed by atoms with Crippen LogP contribution in [-0.2, 0) is 9.59 Å². The van der Waals surface area contributed by atoms with Crippen LogP contribution in [0.2, 0.25) is 0 Å². The van der Waals surface area contributed by atoms with Crippen molar-refractivity contribution in [2.24, 2.45) is 0 Å². The number of imide groups is 1. The number of piperidine rings is 1. The van der Waals surface area contributed by atoms with Crippen molar-refractivity contribution >= 4 is 17.5 Å². The molecule has 5 heteroatoms. The SMILES string of the molecule is O=C1CCCC(=O)N1c1cncnc1. The number of aromatic nitrogens is 2. The van der Waals surface area contributed by atoms with Crippen LogP contribution in [0, 0.1) is 0 Å². The minimum atomic E-state index is -0.170. The lowest BCUT2D eigenvalue weighted by molar-refractivity contribution is -0.129. The van der Waals surface area contributed by atoms with E-state index < -0.39 is 0 Å². The molecule has 1 saturated heterocycles. The highest BCUT2D eigenvalue weighted by molar-refractivity contribution is 6.16. The number of hydrogen-bond donors (Lipinski definition) is 0. The second-order valence-corrected chi connectivity index (χ2v) is 3.07. The summed E-state index contributed by atoms with van der Waals surface area (Å²) >= 11 is 0. The van der Waals surface area contributed by atoms with Crippen LogP contribution >= 0.6 is 0 Å². The first-order chi connectivity index (χ1) is 6.79. The molecule has 2 heterocycles. The maximum absolute atomic E-state index is 11.5. The quantitative estimate of drug-likeness (QED) is 0.607. The van der Waals surface area contributed by atoms with Gasteiger partial charge in [0.05, 0.1) is 18.1 Å². The molecule has 1 aromatic heterocycles. The van der Waals surface area contributed by atoms with Crippen molar-refractivity contribution in [3.63, 3.8) is 0 Å². The highest BCUT2D eigenvalue weighted by Crippen LogP contribution is 2.19. The molecule has 1 fully saturated rings. The molecule has 0 spiro atoms. The van der Waals surface area contributed by atoms with Gasteiger partial charge in [-0.15, -0.1) is 0 Å². The molecule has 0 bridgehead atoms. The van der Waals surface area contributed by atoms with Gasteiger partial charge in [0.2, 0.25) is 11.8 Å². The predicted molar refractivity (Wildman–Crippen MR) is 48.4 cm³/mol. The number of carbonyl (C=O) groups is 2. The highest BCUT2D eigenvalue weighted by Gasteiger charge is 2.27. The molecule has 0 saturated carbocycles. The minimum absolute atomic E-state index is 0.170. The lowest BCUT2D eigenvalue weighted by atomic mass is 10.1. The molecule has 2 amide bonds. The number of hydrogen-bond acceptors (Lipinski definition) is 4. The first-order valence-corrected chi connectivity index (χ1v) is 4.40. The number of nitrogens with zero attached hydrogens (tertiary/aromatic N) is 3. The van der Waals surface area contributed by atoms with E-state index >= 15 is 0 Å². The third-order valence-corrected chi connectivity index (χ3v) is 2.09. The lowest BCUT2D eigenvalue weighted by Crippen LogP contribution is -2.40. The normalized spacial score (nSPS) is 17.3. The maximum Gasteiger partial charge on any atom is 0.233 e. The monoisotopic (exact) mass is 191 g/mol. The van der Waals surface area contributed by atoms with Crippen molar-refractivity contribution in [2.75, 3.05) is 4.90 Å². The molecule has 0 unspecified atom stereocenters. The van der Waals surface area contributed by atoms with Gasteiger partial charge >= 0.3 is 0 Å².